The number of aromatic nitrogens is 3. The average Bonchev–Trinajstić information content (AvgIpc) is 3.30. The van der Waals surface area contributed by atoms with Crippen LogP contribution in [0.2, 0.25) is 0 Å². The van der Waals surface area contributed by atoms with Gasteiger partial charge in [-0.25, -0.2) is 4.68 Å². The van der Waals surface area contributed by atoms with Gasteiger partial charge in [-0.15, -0.1) is 0 Å². The van der Waals surface area contributed by atoms with Gasteiger partial charge in [0.15, 0.2) is 10.8 Å². The second kappa shape index (κ2) is 7.91. The number of benzene rings is 1. The lowest BCUT2D eigenvalue weighted by Gasteiger charge is -2.36. The summed E-state index contributed by atoms with van der Waals surface area (Å²) in [6.45, 7) is 9.45. The number of carbonyl (C=O) groups excluding carboxylic acids is 1. The Bertz CT molecular complexity index is 952. The maximum absolute atomic E-state index is 12.6. The van der Waals surface area contributed by atoms with Crippen LogP contribution in [0.5, 0.6) is 0 Å². The van der Waals surface area contributed by atoms with Crippen LogP contribution in [0, 0.1) is 12.8 Å². The van der Waals surface area contributed by atoms with Crippen molar-refractivity contribution in [3.05, 3.63) is 36.0 Å². The molecule has 28 heavy (non-hydrogen) atoms. The molecule has 1 aliphatic heterocycles. The van der Waals surface area contributed by atoms with Crippen molar-refractivity contribution >= 4 is 32.7 Å². The Morgan fingerprint density at radius 3 is 2.43 bits per heavy atom. The monoisotopic (exact) mass is 397 g/mol. The van der Waals surface area contributed by atoms with E-state index >= 15 is 0 Å². The number of aryl methyl sites for hydroxylation is 1. The van der Waals surface area contributed by atoms with Crippen LogP contribution in [0.1, 0.15) is 32.4 Å². The van der Waals surface area contributed by atoms with Crippen LogP contribution in [0.4, 0.5) is 5.13 Å². The largest absolute Gasteiger partial charge is 0.344 e. The number of piperazine rings is 1. The van der Waals surface area contributed by atoms with Crippen molar-refractivity contribution in [3.63, 3.8) is 0 Å². The normalized spacial score (nSPS) is 15.0. The van der Waals surface area contributed by atoms with Crippen molar-refractivity contribution in [2.75, 3.05) is 31.1 Å². The van der Waals surface area contributed by atoms with E-state index in [2.05, 4.69) is 23.8 Å². The lowest BCUT2D eigenvalue weighted by Crippen LogP contribution is -2.50. The molecule has 0 saturated carbocycles. The predicted molar refractivity (Wildman–Crippen MR) is 114 cm³/mol. The fourth-order valence-corrected chi connectivity index (χ4v) is 4.86. The Morgan fingerprint density at radius 1 is 1.11 bits per heavy atom. The SMILES string of the molecule is CCC(CC)C(=O)N1CCN(c2nc3c(s2)c(C)nn3-c2ccccc2)CC1. The molecule has 1 aliphatic rings. The molecular formula is C21H27N5OS. The van der Waals surface area contributed by atoms with E-state index < -0.39 is 0 Å². The molecule has 4 rings (SSSR count). The fourth-order valence-electron chi connectivity index (χ4n) is 3.82. The van der Waals surface area contributed by atoms with Crippen molar-refractivity contribution in [3.8, 4) is 5.69 Å². The Labute approximate surface area is 169 Å². The molecule has 0 unspecified atom stereocenters. The summed E-state index contributed by atoms with van der Waals surface area (Å²) in [5.41, 5.74) is 2.95. The van der Waals surface area contributed by atoms with Crippen LogP contribution in [0.3, 0.4) is 0 Å². The van der Waals surface area contributed by atoms with E-state index in [1.165, 1.54) is 0 Å². The molecular weight excluding hydrogens is 370 g/mol. The number of nitrogens with zero attached hydrogens (tertiary/aromatic N) is 5. The van der Waals surface area contributed by atoms with E-state index in [1.54, 1.807) is 11.3 Å². The molecule has 1 aromatic carbocycles. The summed E-state index contributed by atoms with van der Waals surface area (Å²) in [5.74, 6) is 0.470. The first-order valence-corrected chi connectivity index (χ1v) is 10.9. The van der Waals surface area contributed by atoms with Gasteiger partial charge in [-0.3, -0.25) is 4.79 Å². The second-order valence-electron chi connectivity index (χ2n) is 7.31. The lowest BCUT2D eigenvalue weighted by molar-refractivity contribution is -0.136. The highest BCUT2D eigenvalue weighted by Gasteiger charge is 2.27. The summed E-state index contributed by atoms with van der Waals surface area (Å²) in [6, 6.07) is 10.1. The number of hydrogen-bond acceptors (Lipinski definition) is 5. The molecule has 0 N–H and O–H groups in total. The van der Waals surface area contributed by atoms with Crippen LogP contribution in [0.25, 0.3) is 16.0 Å². The molecule has 148 valence electrons. The highest BCUT2D eigenvalue weighted by atomic mass is 32.1. The van der Waals surface area contributed by atoms with Gasteiger partial charge in [0.2, 0.25) is 5.91 Å². The molecule has 6 nitrogen and oxygen atoms in total. The lowest BCUT2D eigenvalue weighted by atomic mass is 10.0. The Hall–Kier alpha value is -2.41. The minimum Gasteiger partial charge on any atom is -0.344 e. The van der Waals surface area contributed by atoms with E-state index in [-0.39, 0.29) is 5.92 Å². The highest BCUT2D eigenvalue weighted by Crippen LogP contribution is 2.33. The molecule has 3 heterocycles. The van der Waals surface area contributed by atoms with Gasteiger partial charge in [-0.1, -0.05) is 43.4 Å². The zero-order chi connectivity index (χ0) is 19.7. The molecule has 3 aromatic rings. The van der Waals surface area contributed by atoms with Crippen molar-refractivity contribution in [1.29, 1.82) is 0 Å². The molecule has 1 fully saturated rings. The van der Waals surface area contributed by atoms with Crippen molar-refractivity contribution in [1.82, 2.24) is 19.7 Å². The number of anilines is 1. The number of fused-ring (bicyclic) bond motifs is 1. The van der Waals surface area contributed by atoms with Gasteiger partial charge in [-0.2, -0.15) is 10.1 Å². The average molecular weight is 398 g/mol. The number of amides is 1. The van der Waals surface area contributed by atoms with Gasteiger partial charge >= 0.3 is 0 Å². The quantitative estimate of drug-likeness (QED) is 0.656. The van der Waals surface area contributed by atoms with Gasteiger partial charge in [0.25, 0.3) is 0 Å². The Kier molecular flexibility index (Phi) is 5.35. The molecule has 1 saturated heterocycles. The molecule has 7 heteroatoms. The number of thiazole rings is 1. The summed E-state index contributed by atoms with van der Waals surface area (Å²) in [6.07, 6.45) is 1.84. The van der Waals surface area contributed by atoms with Crippen LogP contribution in [0.15, 0.2) is 30.3 Å². The summed E-state index contributed by atoms with van der Waals surface area (Å²) >= 11 is 1.70. The topological polar surface area (TPSA) is 54.3 Å². The van der Waals surface area contributed by atoms with Crippen LogP contribution >= 0.6 is 11.3 Å². The van der Waals surface area contributed by atoms with Crippen molar-refractivity contribution in [2.45, 2.75) is 33.6 Å². The third-order valence-electron chi connectivity index (χ3n) is 5.57. The van der Waals surface area contributed by atoms with Crippen molar-refractivity contribution < 1.29 is 4.79 Å². The summed E-state index contributed by atoms with van der Waals surface area (Å²) in [7, 11) is 0. The van der Waals surface area contributed by atoms with E-state index in [9.17, 15) is 4.79 Å². The van der Waals surface area contributed by atoms with Gasteiger partial charge in [-0.05, 0) is 31.9 Å². The van der Waals surface area contributed by atoms with Crippen molar-refractivity contribution in [2.24, 2.45) is 5.92 Å². The maximum atomic E-state index is 12.6. The molecule has 2 aromatic heterocycles. The van der Waals surface area contributed by atoms with E-state index in [0.29, 0.717) is 5.91 Å². The maximum Gasteiger partial charge on any atom is 0.225 e. The second-order valence-corrected chi connectivity index (χ2v) is 8.29. The molecule has 0 bridgehead atoms. The van der Waals surface area contributed by atoms with Gasteiger partial charge in [0, 0.05) is 32.1 Å². The van der Waals surface area contributed by atoms with Gasteiger partial charge in [0.05, 0.1) is 16.1 Å². The van der Waals surface area contributed by atoms with E-state index in [1.807, 2.05) is 46.8 Å². The van der Waals surface area contributed by atoms with E-state index in [4.69, 9.17) is 4.98 Å². The number of para-hydroxylation sites is 1. The summed E-state index contributed by atoms with van der Waals surface area (Å²) in [4.78, 5) is 21.9. The first kappa shape index (κ1) is 18.9. The van der Waals surface area contributed by atoms with Crippen LogP contribution < -0.4 is 4.90 Å². The Morgan fingerprint density at radius 2 is 1.79 bits per heavy atom. The van der Waals surface area contributed by atoms with Gasteiger partial charge < -0.3 is 9.80 Å². The number of rotatable bonds is 5. The highest BCUT2D eigenvalue weighted by molar-refractivity contribution is 7.22. The molecule has 0 aliphatic carbocycles. The fraction of sp³-hybridized carbons (Fsp3) is 0.476. The third kappa shape index (κ3) is 3.39. The molecule has 0 radical (unpaired) electrons. The number of carbonyl (C=O) groups is 1. The zero-order valence-electron chi connectivity index (χ0n) is 16.8. The Balaban J connectivity index is 1.53. The first-order valence-electron chi connectivity index (χ1n) is 10.1. The van der Waals surface area contributed by atoms with E-state index in [0.717, 1.165) is 65.9 Å². The number of hydrogen-bond donors (Lipinski definition) is 0. The molecule has 0 atom stereocenters. The summed E-state index contributed by atoms with van der Waals surface area (Å²) < 4.78 is 3.06. The van der Waals surface area contributed by atoms with Crippen LogP contribution in [-0.2, 0) is 4.79 Å². The third-order valence-corrected chi connectivity index (χ3v) is 6.79. The summed E-state index contributed by atoms with van der Waals surface area (Å²) in [5, 5.41) is 5.70. The minimum absolute atomic E-state index is 0.161. The predicted octanol–water partition coefficient (Wildman–Crippen LogP) is 3.88. The molecule has 1 amide bonds. The first-order chi connectivity index (χ1) is 13.6. The van der Waals surface area contributed by atoms with Gasteiger partial charge in [0.1, 0.15) is 0 Å². The standard InChI is InChI=1S/C21H27N5OS/c1-4-16(5-2)20(27)24-11-13-25(14-12-24)21-22-19-18(28-21)15(3)23-26(19)17-9-7-6-8-10-17/h6-10,16H,4-5,11-14H2,1-3H3. The van der Waals surface area contributed by atoms with Crippen LogP contribution in [-0.4, -0.2) is 51.8 Å². The smallest absolute Gasteiger partial charge is 0.225 e. The molecule has 0 spiro atoms. The zero-order valence-corrected chi connectivity index (χ0v) is 17.6. The minimum atomic E-state index is 0.161.